The number of aromatic nitrogens is 5. The number of rotatable bonds is 4. The van der Waals surface area contributed by atoms with E-state index in [0.717, 1.165) is 35.9 Å². The summed E-state index contributed by atoms with van der Waals surface area (Å²) in [5.74, 6) is 2.15. The van der Waals surface area contributed by atoms with Gasteiger partial charge in [-0.25, -0.2) is 9.67 Å². The van der Waals surface area contributed by atoms with Gasteiger partial charge in [0.2, 0.25) is 11.8 Å². The Morgan fingerprint density at radius 3 is 2.21 bits per heavy atom. The van der Waals surface area contributed by atoms with Gasteiger partial charge in [0, 0.05) is 49.3 Å². The molecule has 2 saturated heterocycles. The van der Waals surface area contributed by atoms with Gasteiger partial charge in [-0.3, -0.25) is 14.7 Å². The van der Waals surface area contributed by atoms with E-state index >= 15 is 0 Å². The van der Waals surface area contributed by atoms with Crippen molar-refractivity contribution < 1.29 is 9.59 Å². The fourth-order valence-corrected chi connectivity index (χ4v) is 4.91. The van der Waals surface area contributed by atoms with E-state index in [1.165, 1.54) is 0 Å². The summed E-state index contributed by atoms with van der Waals surface area (Å²) >= 11 is 0. The molecule has 2 aliphatic rings. The quantitative estimate of drug-likeness (QED) is 0.825. The fourth-order valence-electron chi connectivity index (χ4n) is 4.91. The summed E-state index contributed by atoms with van der Waals surface area (Å²) in [5, 5.41) is 11.5. The number of aromatic amines is 1. The molecule has 9 nitrogen and oxygen atoms in total. The Balaban J connectivity index is 1.35. The molecule has 1 unspecified atom stereocenters. The Morgan fingerprint density at radius 2 is 1.69 bits per heavy atom. The van der Waals surface area contributed by atoms with Gasteiger partial charge in [0.15, 0.2) is 0 Å². The van der Waals surface area contributed by atoms with Gasteiger partial charge >= 0.3 is 0 Å². The number of carbonyl (C=O) groups is 2. The van der Waals surface area contributed by atoms with Crippen molar-refractivity contribution in [3.05, 3.63) is 28.6 Å². The van der Waals surface area contributed by atoms with E-state index in [1.807, 2.05) is 44.4 Å². The van der Waals surface area contributed by atoms with Crippen molar-refractivity contribution in [1.29, 1.82) is 0 Å². The summed E-state index contributed by atoms with van der Waals surface area (Å²) < 4.78 is 1.67. The highest BCUT2D eigenvalue weighted by molar-refractivity contribution is 5.84. The van der Waals surface area contributed by atoms with Gasteiger partial charge in [-0.2, -0.15) is 10.2 Å². The van der Waals surface area contributed by atoms with Gasteiger partial charge in [0.05, 0.1) is 11.6 Å². The van der Waals surface area contributed by atoms with Crippen LogP contribution < -0.4 is 0 Å². The molecule has 0 aromatic carbocycles. The molecule has 3 atom stereocenters. The molecule has 4 heterocycles. The topological polar surface area (TPSA) is 100 Å². The predicted molar refractivity (Wildman–Crippen MR) is 106 cm³/mol. The van der Waals surface area contributed by atoms with Crippen LogP contribution in [-0.2, 0) is 16.1 Å². The normalized spacial score (nSPS) is 22.2. The van der Waals surface area contributed by atoms with Gasteiger partial charge in [-0.05, 0) is 34.6 Å². The minimum atomic E-state index is -0.205. The van der Waals surface area contributed by atoms with Crippen LogP contribution in [0.1, 0.15) is 41.4 Å². The van der Waals surface area contributed by atoms with E-state index in [-0.39, 0.29) is 24.3 Å². The molecule has 2 aromatic rings. The average Bonchev–Trinajstić information content (AvgIpc) is 3.38. The SMILES string of the molecule is Cc1nc(C)n(CC(=O)N2C[C@@H]3CN(C(=O)C(C)c4c(C)n[nH]c4C)C[C@@H]3C2)n1. The molecular formula is C20H29N7O2. The van der Waals surface area contributed by atoms with Crippen LogP contribution >= 0.6 is 0 Å². The number of nitrogens with one attached hydrogen (secondary N) is 1. The minimum absolute atomic E-state index is 0.0725. The number of H-pyrrole nitrogens is 1. The Hall–Kier alpha value is -2.71. The molecule has 156 valence electrons. The van der Waals surface area contributed by atoms with Crippen molar-refractivity contribution in [1.82, 2.24) is 34.8 Å². The summed E-state index contributed by atoms with van der Waals surface area (Å²) in [4.78, 5) is 33.9. The molecule has 0 aliphatic carbocycles. The molecule has 2 aliphatic heterocycles. The second-order valence-electron chi connectivity index (χ2n) is 8.50. The summed E-state index contributed by atoms with van der Waals surface area (Å²) in [6, 6.07) is 0. The summed E-state index contributed by atoms with van der Waals surface area (Å²) in [7, 11) is 0. The number of likely N-dealkylation sites (tertiary alicyclic amines) is 2. The zero-order valence-electron chi connectivity index (χ0n) is 17.8. The van der Waals surface area contributed by atoms with Gasteiger partial charge in [-0.1, -0.05) is 0 Å². The lowest BCUT2D eigenvalue weighted by Crippen LogP contribution is -2.38. The van der Waals surface area contributed by atoms with Gasteiger partial charge in [0.1, 0.15) is 18.2 Å². The van der Waals surface area contributed by atoms with Crippen LogP contribution in [0.25, 0.3) is 0 Å². The largest absolute Gasteiger partial charge is 0.341 e. The molecule has 0 spiro atoms. The minimum Gasteiger partial charge on any atom is -0.341 e. The van der Waals surface area contributed by atoms with Crippen molar-refractivity contribution >= 4 is 11.8 Å². The Labute approximate surface area is 170 Å². The van der Waals surface area contributed by atoms with Gasteiger partial charge < -0.3 is 9.80 Å². The van der Waals surface area contributed by atoms with Crippen LogP contribution in [0, 0.1) is 39.5 Å². The highest BCUT2D eigenvalue weighted by Gasteiger charge is 2.44. The number of hydrogen-bond donors (Lipinski definition) is 1. The number of nitrogens with zero attached hydrogens (tertiary/aromatic N) is 6. The molecule has 0 saturated carbocycles. The van der Waals surface area contributed by atoms with E-state index in [4.69, 9.17) is 0 Å². The molecule has 2 aromatic heterocycles. The van der Waals surface area contributed by atoms with Crippen LogP contribution in [0.2, 0.25) is 0 Å². The molecule has 4 rings (SSSR count). The molecule has 2 amide bonds. The third-order valence-corrected chi connectivity index (χ3v) is 6.39. The van der Waals surface area contributed by atoms with Crippen molar-refractivity contribution in [3.8, 4) is 0 Å². The van der Waals surface area contributed by atoms with Crippen LogP contribution in [0.5, 0.6) is 0 Å². The van der Waals surface area contributed by atoms with Crippen molar-refractivity contribution in [2.75, 3.05) is 26.2 Å². The van der Waals surface area contributed by atoms with E-state index in [9.17, 15) is 9.59 Å². The molecule has 1 N–H and O–H groups in total. The highest BCUT2D eigenvalue weighted by atomic mass is 16.2. The van der Waals surface area contributed by atoms with Crippen molar-refractivity contribution in [2.24, 2.45) is 11.8 Å². The number of aryl methyl sites for hydroxylation is 4. The number of fused-ring (bicyclic) bond motifs is 1. The van der Waals surface area contributed by atoms with Crippen LogP contribution in [0.4, 0.5) is 0 Å². The second-order valence-corrected chi connectivity index (χ2v) is 8.50. The first kappa shape index (κ1) is 19.6. The second kappa shape index (κ2) is 7.27. The first-order valence-electron chi connectivity index (χ1n) is 10.2. The molecular weight excluding hydrogens is 370 g/mol. The Bertz CT molecular complexity index is 913. The van der Waals surface area contributed by atoms with Gasteiger partial charge in [0.25, 0.3) is 0 Å². The number of carbonyl (C=O) groups excluding carboxylic acids is 2. The van der Waals surface area contributed by atoms with Crippen LogP contribution in [-0.4, -0.2) is 72.8 Å². The van der Waals surface area contributed by atoms with Crippen LogP contribution in [0.15, 0.2) is 0 Å². The van der Waals surface area contributed by atoms with E-state index in [0.29, 0.717) is 30.7 Å². The smallest absolute Gasteiger partial charge is 0.244 e. The molecule has 0 bridgehead atoms. The lowest BCUT2D eigenvalue weighted by Gasteiger charge is -2.24. The van der Waals surface area contributed by atoms with Crippen LogP contribution in [0.3, 0.4) is 0 Å². The fraction of sp³-hybridized carbons (Fsp3) is 0.650. The first-order valence-corrected chi connectivity index (χ1v) is 10.2. The van der Waals surface area contributed by atoms with E-state index < -0.39 is 0 Å². The van der Waals surface area contributed by atoms with E-state index in [2.05, 4.69) is 20.3 Å². The first-order chi connectivity index (χ1) is 13.7. The Morgan fingerprint density at radius 1 is 1.07 bits per heavy atom. The standard InChI is InChI=1S/C20H29N7O2/c1-11(19-12(2)22-23-13(19)3)20(29)26-8-16-6-25(7-17(16)9-26)18(28)10-27-15(5)21-14(4)24-27/h11,16-17H,6-10H2,1-5H3,(H,22,23)/t11?,16-,17+. The number of hydrogen-bond acceptors (Lipinski definition) is 5. The van der Waals surface area contributed by atoms with Gasteiger partial charge in [-0.15, -0.1) is 0 Å². The third kappa shape index (κ3) is 3.54. The summed E-state index contributed by atoms with van der Waals surface area (Å²) in [6.07, 6.45) is 0. The highest BCUT2D eigenvalue weighted by Crippen LogP contribution is 2.34. The molecule has 2 fully saturated rings. The molecule has 0 radical (unpaired) electrons. The summed E-state index contributed by atoms with van der Waals surface area (Å²) in [5.41, 5.74) is 2.85. The maximum atomic E-state index is 13.1. The average molecular weight is 399 g/mol. The lowest BCUT2D eigenvalue weighted by molar-refractivity contribution is -0.132. The predicted octanol–water partition coefficient (Wildman–Crippen LogP) is 0.955. The van der Waals surface area contributed by atoms with Crippen molar-refractivity contribution in [3.63, 3.8) is 0 Å². The molecule has 9 heteroatoms. The molecule has 29 heavy (non-hydrogen) atoms. The lowest BCUT2D eigenvalue weighted by atomic mass is 9.98. The number of amides is 2. The van der Waals surface area contributed by atoms with E-state index in [1.54, 1.807) is 4.68 Å². The maximum absolute atomic E-state index is 13.1. The maximum Gasteiger partial charge on any atom is 0.244 e. The summed E-state index contributed by atoms with van der Waals surface area (Å²) in [6.45, 7) is 12.6. The zero-order valence-corrected chi connectivity index (χ0v) is 17.8. The zero-order chi connectivity index (χ0) is 20.9. The Kier molecular flexibility index (Phi) is 4.92. The third-order valence-electron chi connectivity index (χ3n) is 6.39. The van der Waals surface area contributed by atoms with Crippen molar-refractivity contribution in [2.45, 2.75) is 47.1 Å². The monoisotopic (exact) mass is 399 g/mol.